The predicted octanol–water partition coefficient (Wildman–Crippen LogP) is 2.90. The summed E-state index contributed by atoms with van der Waals surface area (Å²) in [7, 11) is 3.28. The van der Waals surface area contributed by atoms with Crippen LogP contribution in [0.25, 0.3) is 0 Å². The van der Waals surface area contributed by atoms with Crippen molar-refractivity contribution in [1.82, 2.24) is 15.6 Å². The van der Waals surface area contributed by atoms with E-state index in [9.17, 15) is 13.2 Å². The Kier molecular flexibility index (Phi) is 7.91. The van der Waals surface area contributed by atoms with Crippen LogP contribution in [-0.2, 0) is 12.6 Å². The van der Waals surface area contributed by atoms with Gasteiger partial charge < -0.3 is 20.1 Å². The number of alkyl halides is 3. The molecule has 0 aliphatic carbocycles. The van der Waals surface area contributed by atoms with E-state index < -0.39 is 11.7 Å². The Morgan fingerprint density at radius 2 is 1.79 bits per heavy atom. The van der Waals surface area contributed by atoms with Gasteiger partial charge in [0.2, 0.25) is 5.88 Å². The Labute approximate surface area is 161 Å². The summed E-state index contributed by atoms with van der Waals surface area (Å²) in [4.78, 5) is 7.76. The molecule has 9 heteroatoms. The number of halogens is 3. The lowest BCUT2D eigenvalue weighted by atomic mass is 10.1. The highest BCUT2D eigenvalue weighted by atomic mass is 19.4. The molecule has 0 spiro atoms. The van der Waals surface area contributed by atoms with Crippen molar-refractivity contribution in [1.29, 1.82) is 0 Å². The molecule has 1 aromatic carbocycles. The molecule has 6 nitrogen and oxygen atoms in total. The fourth-order valence-corrected chi connectivity index (χ4v) is 2.30. The Morgan fingerprint density at radius 3 is 2.36 bits per heavy atom. The number of hydrogen-bond donors (Lipinski definition) is 2. The van der Waals surface area contributed by atoms with Crippen LogP contribution in [0, 0.1) is 0 Å². The minimum Gasteiger partial charge on any atom is -0.497 e. The van der Waals surface area contributed by atoms with Crippen LogP contribution < -0.4 is 20.1 Å². The van der Waals surface area contributed by atoms with E-state index in [1.54, 1.807) is 14.2 Å². The Bertz CT molecular complexity index is 747. The van der Waals surface area contributed by atoms with Crippen molar-refractivity contribution < 1.29 is 22.6 Å². The third-order valence-electron chi connectivity index (χ3n) is 3.80. The zero-order valence-corrected chi connectivity index (χ0v) is 15.7. The molecule has 152 valence electrons. The second kappa shape index (κ2) is 10.4. The van der Waals surface area contributed by atoms with Crippen molar-refractivity contribution in [2.75, 3.05) is 33.9 Å². The van der Waals surface area contributed by atoms with Crippen LogP contribution in [0.15, 0.2) is 47.6 Å². The number of aliphatic imine (C=N–C) groups is 1. The average molecular weight is 396 g/mol. The molecule has 0 bridgehead atoms. The van der Waals surface area contributed by atoms with Gasteiger partial charge in [0.15, 0.2) is 5.96 Å². The highest BCUT2D eigenvalue weighted by Crippen LogP contribution is 2.29. The maximum absolute atomic E-state index is 12.5. The first kappa shape index (κ1) is 21.3. The molecule has 0 saturated heterocycles. The molecule has 0 atom stereocenters. The van der Waals surface area contributed by atoms with Gasteiger partial charge in [-0.05, 0) is 30.2 Å². The Hall–Kier alpha value is -2.97. The molecule has 0 unspecified atom stereocenters. The first-order chi connectivity index (χ1) is 13.4. The number of aromatic nitrogens is 1. The summed E-state index contributed by atoms with van der Waals surface area (Å²) in [5.74, 6) is 1.56. The standard InChI is InChI=1S/C19H23F3N4O2/c1-23-18(24-10-9-14-3-6-16(27-2)7-4-14)25-11-12-28-17-8-5-15(13-26-17)19(20,21)22/h3-8,13H,9-12H2,1-2H3,(H2,23,24,25). The summed E-state index contributed by atoms with van der Waals surface area (Å²) in [6.45, 7) is 1.34. The number of guanidine groups is 1. The van der Waals surface area contributed by atoms with E-state index in [0.29, 0.717) is 19.0 Å². The summed E-state index contributed by atoms with van der Waals surface area (Å²) in [5, 5.41) is 6.25. The number of ether oxygens (including phenoxy) is 2. The molecule has 0 aliphatic heterocycles. The van der Waals surface area contributed by atoms with Gasteiger partial charge in [-0.1, -0.05) is 12.1 Å². The monoisotopic (exact) mass is 396 g/mol. The highest BCUT2D eigenvalue weighted by Gasteiger charge is 2.30. The van der Waals surface area contributed by atoms with Crippen LogP contribution in [0.3, 0.4) is 0 Å². The minimum absolute atomic E-state index is 0.136. The van der Waals surface area contributed by atoms with Crippen LogP contribution in [0.1, 0.15) is 11.1 Å². The summed E-state index contributed by atoms with van der Waals surface area (Å²) in [6.07, 6.45) is -2.84. The third kappa shape index (κ3) is 6.98. The maximum atomic E-state index is 12.5. The van der Waals surface area contributed by atoms with E-state index in [0.717, 1.165) is 24.4 Å². The van der Waals surface area contributed by atoms with Crippen molar-refractivity contribution in [3.8, 4) is 11.6 Å². The topological polar surface area (TPSA) is 67.8 Å². The lowest BCUT2D eigenvalue weighted by Crippen LogP contribution is -2.40. The van der Waals surface area contributed by atoms with Gasteiger partial charge >= 0.3 is 6.18 Å². The number of benzene rings is 1. The van der Waals surface area contributed by atoms with Crippen LogP contribution >= 0.6 is 0 Å². The van der Waals surface area contributed by atoms with Crippen molar-refractivity contribution in [3.05, 3.63) is 53.7 Å². The molecule has 2 aromatic rings. The highest BCUT2D eigenvalue weighted by molar-refractivity contribution is 5.79. The van der Waals surface area contributed by atoms with Gasteiger partial charge in [0.1, 0.15) is 12.4 Å². The molecule has 28 heavy (non-hydrogen) atoms. The number of methoxy groups -OCH3 is 1. The SMILES string of the molecule is CN=C(NCCOc1ccc(C(F)(F)F)cn1)NCCc1ccc(OC)cc1. The Balaban J connectivity index is 1.66. The fourth-order valence-electron chi connectivity index (χ4n) is 2.30. The zero-order valence-electron chi connectivity index (χ0n) is 15.7. The van der Waals surface area contributed by atoms with E-state index in [1.165, 1.54) is 11.6 Å². The van der Waals surface area contributed by atoms with Gasteiger partial charge in [-0.15, -0.1) is 0 Å². The first-order valence-electron chi connectivity index (χ1n) is 8.66. The molecular weight excluding hydrogens is 373 g/mol. The molecular formula is C19H23F3N4O2. The molecule has 0 amide bonds. The van der Waals surface area contributed by atoms with E-state index >= 15 is 0 Å². The number of hydrogen-bond acceptors (Lipinski definition) is 4. The van der Waals surface area contributed by atoms with Crippen LogP contribution in [-0.4, -0.2) is 44.8 Å². The summed E-state index contributed by atoms with van der Waals surface area (Å²) < 4.78 is 47.9. The first-order valence-corrected chi connectivity index (χ1v) is 8.66. The minimum atomic E-state index is -4.41. The van der Waals surface area contributed by atoms with Crippen LogP contribution in [0.2, 0.25) is 0 Å². The number of pyridine rings is 1. The van der Waals surface area contributed by atoms with E-state index in [1.807, 2.05) is 24.3 Å². The molecule has 2 rings (SSSR count). The van der Waals surface area contributed by atoms with Crippen molar-refractivity contribution in [2.24, 2.45) is 4.99 Å². The van der Waals surface area contributed by atoms with E-state index in [2.05, 4.69) is 20.6 Å². The summed E-state index contributed by atoms with van der Waals surface area (Å²) >= 11 is 0. The number of nitrogens with zero attached hydrogens (tertiary/aromatic N) is 2. The van der Waals surface area contributed by atoms with Crippen molar-refractivity contribution >= 4 is 5.96 Å². The van der Waals surface area contributed by atoms with Crippen molar-refractivity contribution in [2.45, 2.75) is 12.6 Å². The number of nitrogens with one attached hydrogen (secondary N) is 2. The number of rotatable bonds is 8. The van der Waals surface area contributed by atoms with Crippen LogP contribution in [0.5, 0.6) is 11.6 Å². The lowest BCUT2D eigenvalue weighted by molar-refractivity contribution is -0.137. The van der Waals surface area contributed by atoms with Gasteiger partial charge in [-0.25, -0.2) is 4.98 Å². The molecule has 1 heterocycles. The third-order valence-corrected chi connectivity index (χ3v) is 3.80. The van der Waals surface area contributed by atoms with E-state index in [4.69, 9.17) is 9.47 Å². The quantitative estimate of drug-likeness (QED) is 0.408. The van der Waals surface area contributed by atoms with E-state index in [-0.39, 0.29) is 12.5 Å². The van der Waals surface area contributed by atoms with Gasteiger partial charge in [-0.2, -0.15) is 13.2 Å². The van der Waals surface area contributed by atoms with Crippen molar-refractivity contribution in [3.63, 3.8) is 0 Å². The molecule has 1 aromatic heterocycles. The molecule has 2 N–H and O–H groups in total. The Morgan fingerprint density at radius 1 is 1.07 bits per heavy atom. The molecule has 0 radical (unpaired) electrons. The molecule has 0 aliphatic rings. The molecule has 0 saturated carbocycles. The largest absolute Gasteiger partial charge is 0.497 e. The smallest absolute Gasteiger partial charge is 0.417 e. The molecule has 0 fully saturated rings. The normalized spacial score (nSPS) is 11.8. The second-order valence-electron chi connectivity index (χ2n) is 5.76. The van der Waals surface area contributed by atoms with Crippen LogP contribution in [0.4, 0.5) is 13.2 Å². The average Bonchev–Trinajstić information content (AvgIpc) is 2.70. The fraction of sp³-hybridized carbons (Fsp3) is 0.368. The maximum Gasteiger partial charge on any atom is 0.417 e. The van der Waals surface area contributed by atoms with Gasteiger partial charge in [-0.3, -0.25) is 4.99 Å². The van der Waals surface area contributed by atoms with Gasteiger partial charge in [0.05, 0.1) is 19.2 Å². The van der Waals surface area contributed by atoms with Gasteiger partial charge in [0, 0.05) is 25.9 Å². The van der Waals surface area contributed by atoms with Gasteiger partial charge in [0.25, 0.3) is 0 Å². The summed E-state index contributed by atoms with van der Waals surface area (Å²) in [5.41, 5.74) is 0.361. The summed E-state index contributed by atoms with van der Waals surface area (Å²) in [6, 6.07) is 9.97. The lowest BCUT2D eigenvalue weighted by Gasteiger charge is -2.13. The predicted molar refractivity (Wildman–Crippen MR) is 101 cm³/mol. The second-order valence-corrected chi connectivity index (χ2v) is 5.76. The zero-order chi connectivity index (χ0) is 20.4.